The van der Waals surface area contributed by atoms with Crippen LogP contribution in [0.25, 0.3) is 0 Å². The molecular formula is C16H17NO4S. The van der Waals surface area contributed by atoms with Crippen molar-refractivity contribution < 1.29 is 17.9 Å². The van der Waals surface area contributed by atoms with Crippen LogP contribution >= 0.6 is 0 Å². The summed E-state index contributed by atoms with van der Waals surface area (Å²) < 4.78 is 38.4. The summed E-state index contributed by atoms with van der Waals surface area (Å²) in [5, 5.41) is 0. The number of aryl methyl sites for hydroxylation is 1. The van der Waals surface area contributed by atoms with Gasteiger partial charge in [0.05, 0.1) is 25.3 Å². The topological polar surface area (TPSA) is 65.0 Å². The lowest BCUT2D eigenvalue weighted by atomic mass is 10.2. The molecule has 22 heavy (non-hydrogen) atoms. The van der Waals surface area contributed by atoms with E-state index in [9.17, 15) is 8.42 Å². The number of rotatable bonds is 5. The first kappa shape index (κ1) is 16.0. The van der Waals surface area contributed by atoms with Crippen LogP contribution in [0, 0.1) is 6.92 Å². The van der Waals surface area contributed by atoms with Crippen LogP contribution in [-0.2, 0) is 10.0 Å². The van der Waals surface area contributed by atoms with Crippen molar-refractivity contribution in [2.75, 3.05) is 14.2 Å². The van der Waals surface area contributed by atoms with E-state index >= 15 is 0 Å². The molecule has 0 bridgehead atoms. The van der Waals surface area contributed by atoms with Gasteiger partial charge in [-0.1, -0.05) is 17.7 Å². The van der Waals surface area contributed by atoms with Crippen molar-refractivity contribution in [3.05, 3.63) is 53.6 Å². The molecule has 5 nitrogen and oxygen atoms in total. The fraction of sp³-hybridized carbons (Fsp3) is 0.188. The summed E-state index contributed by atoms with van der Waals surface area (Å²) in [5.74, 6) is 1.11. The first-order valence-electron chi connectivity index (χ1n) is 6.55. The smallest absolute Gasteiger partial charge is 0.282 e. The molecule has 0 saturated carbocycles. The molecule has 0 N–H and O–H groups in total. The molecule has 0 atom stereocenters. The van der Waals surface area contributed by atoms with Gasteiger partial charge in [0.2, 0.25) is 0 Å². The first-order valence-corrected chi connectivity index (χ1v) is 7.99. The second-order valence-electron chi connectivity index (χ2n) is 4.63. The van der Waals surface area contributed by atoms with Gasteiger partial charge < -0.3 is 9.47 Å². The Bertz CT molecular complexity index is 780. The van der Waals surface area contributed by atoms with Crippen LogP contribution < -0.4 is 9.47 Å². The third-order valence-corrected chi connectivity index (χ3v) is 4.34. The molecule has 0 radical (unpaired) electrons. The first-order chi connectivity index (χ1) is 10.5. The number of hydrogen-bond donors (Lipinski definition) is 0. The number of sulfonamides is 1. The Kier molecular flexibility index (Phi) is 4.82. The Morgan fingerprint density at radius 2 is 1.68 bits per heavy atom. The van der Waals surface area contributed by atoms with Crippen LogP contribution in [-0.4, -0.2) is 28.9 Å². The van der Waals surface area contributed by atoms with Gasteiger partial charge in [-0.25, -0.2) is 0 Å². The van der Waals surface area contributed by atoms with Gasteiger partial charge in [-0.05, 0) is 37.3 Å². The van der Waals surface area contributed by atoms with Gasteiger partial charge in [-0.3, -0.25) is 0 Å². The maximum absolute atomic E-state index is 12.2. The second-order valence-corrected chi connectivity index (χ2v) is 6.26. The van der Waals surface area contributed by atoms with Gasteiger partial charge in [0, 0.05) is 5.56 Å². The minimum atomic E-state index is -3.75. The molecule has 0 aliphatic carbocycles. The molecular weight excluding hydrogens is 302 g/mol. The summed E-state index contributed by atoms with van der Waals surface area (Å²) in [4.78, 5) is 0.149. The Labute approximate surface area is 130 Å². The van der Waals surface area contributed by atoms with Crippen LogP contribution in [0.4, 0.5) is 0 Å². The molecule has 2 aromatic rings. The largest absolute Gasteiger partial charge is 0.497 e. The molecule has 116 valence electrons. The fourth-order valence-corrected chi connectivity index (χ4v) is 2.69. The van der Waals surface area contributed by atoms with E-state index < -0.39 is 10.0 Å². The Morgan fingerprint density at radius 1 is 1.00 bits per heavy atom. The number of ether oxygens (including phenoxy) is 2. The molecule has 0 amide bonds. The zero-order chi connectivity index (χ0) is 16.2. The fourth-order valence-electron chi connectivity index (χ4n) is 1.84. The molecule has 0 unspecified atom stereocenters. The summed E-state index contributed by atoms with van der Waals surface area (Å²) in [6.45, 7) is 1.89. The number of methoxy groups -OCH3 is 2. The Balaban J connectivity index is 2.36. The summed E-state index contributed by atoms with van der Waals surface area (Å²) >= 11 is 0. The molecule has 0 fully saturated rings. The molecule has 0 aromatic heterocycles. The monoisotopic (exact) mass is 319 g/mol. The van der Waals surface area contributed by atoms with Crippen LogP contribution in [0.2, 0.25) is 0 Å². The average Bonchev–Trinajstić information content (AvgIpc) is 2.53. The van der Waals surface area contributed by atoms with E-state index in [4.69, 9.17) is 9.47 Å². The van der Waals surface area contributed by atoms with Crippen LogP contribution in [0.1, 0.15) is 11.1 Å². The maximum Gasteiger partial charge on any atom is 0.282 e. The summed E-state index contributed by atoms with van der Waals surface area (Å²) in [5.41, 5.74) is 1.51. The molecule has 2 aromatic carbocycles. The minimum absolute atomic E-state index is 0.149. The summed E-state index contributed by atoms with van der Waals surface area (Å²) in [6.07, 6.45) is 1.26. The molecule has 0 aliphatic heterocycles. The molecule has 0 spiro atoms. The van der Waals surface area contributed by atoms with Gasteiger partial charge >= 0.3 is 0 Å². The third-order valence-electron chi connectivity index (χ3n) is 3.09. The number of hydrogen-bond acceptors (Lipinski definition) is 4. The zero-order valence-corrected chi connectivity index (χ0v) is 13.4. The lowest BCUT2D eigenvalue weighted by molar-refractivity contribution is 0.402. The van der Waals surface area contributed by atoms with Gasteiger partial charge in [-0.2, -0.15) is 12.8 Å². The van der Waals surface area contributed by atoms with E-state index in [2.05, 4.69) is 4.40 Å². The van der Waals surface area contributed by atoms with Gasteiger partial charge in [0.25, 0.3) is 10.0 Å². The summed E-state index contributed by atoms with van der Waals surface area (Å²) in [7, 11) is -0.706. The van der Waals surface area contributed by atoms with E-state index in [0.29, 0.717) is 17.1 Å². The number of benzene rings is 2. The molecule has 0 heterocycles. The van der Waals surface area contributed by atoms with Crippen molar-refractivity contribution in [3.63, 3.8) is 0 Å². The normalized spacial score (nSPS) is 11.6. The molecule has 6 heteroatoms. The predicted molar refractivity (Wildman–Crippen MR) is 85.5 cm³/mol. The Morgan fingerprint density at radius 3 is 2.27 bits per heavy atom. The highest BCUT2D eigenvalue weighted by atomic mass is 32.2. The highest BCUT2D eigenvalue weighted by Gasteiger charge is 2.12. The molecule has 2 rings (SSSR count). The van der Waals surface area contributed by atoms with E-state index in [-0.39, 0.29) is 4.90 Å². The van der Waals surface area contributed by atoms with Crippen molar-refractivity contribution in [1.29, 1.82) is 0 Å². The highest BCUT2D eigenvalue weighted by Crippen LogP contribution is 2.23. The highest BCUT2D eigenvalue weighted by molar-refractivity contribution is 7.90. The van der Waals surface area contributed by atoms with E-state index in [0.717, 1.165) is 5.56 Å². The van der Waals surface area contributed by atoms with Crippen molar-refractivity contribution in [3.8, 4) is 11.5 Å². The van der Waals surface area contributed by atoms with Gasteiger partial charge in [0.15, 0.2) is 0 Å². The van der Waals surface area contributed by atoms with Crippen molar-refractivity contribution in [1.82, 2.24) is 0 Å². The lowest BCUT2D eigenvalue weighted by Crippen LogP contribution is -1.99. The molecule has 0 saturated heterocycles. The van der Waals surface area contributed by atoms with E-state index in [1.54, 1.807) is 30.3 Å². The lowest BCUT2D eigenvalue weighted by Gasteiger charge is -2.06. The van der Waals surface area contributed by atoms with E-state index in [1.807, 2.05) is 6.92 Å². The summed E-state index contributed by atoms with van der Waals surface area (Å²) in [6, 6.07) is 11.6. The van der Waals surface area contributed by atoms with Crippen molar-refractivity contribution >= 4 is 16.2 Å². The quantitative estimate of drug-likeness (QED) is 0.795. The van der Waals surface area contributed by atoms with Crippen LogP contribution in [0.5, 0.6) is 11.5 Å². The third kappa shape index (κ3) is 3.65. The maximum atomic E-state index is 12.2. The minimum Gasteiger partial charge on any atom is -0.497 e. The predicted octanol–water partition coefficient (Wildman–Crippen LogP) is 2.82. The van der Waals surface area contributed by atoms with Crippen LogP contribution in [0.3, 0.4) is 0 Å². The van der Waals surface area contributed by atoms with Gasteiger partial charge in [0.1, 0.15) is 11.5 Å². The SMILES string of the molecule is COc1ccc(OC)c(/C=N\S(=O)(=O)c2ccc(C)cc2)c1. The van der Waals surface area contributed by atoms with Gasteiger partial charge in [-0.15, -0.1) is 0 Å². The number of nitrogens with zero attached hydrogens (tertiary/aromatic N) is 1. The second kappa shape index (κ2) is 6.62. The Hall–Kier alpha value is -2.34. The average molecular weight is 319 g/mol. The zero-order valence-electron chi connectivity index (χ0n) is 12.6. The standard InChI is InChI=1S/C16H17NO4S/c1-12-4-7-15(8-5-12)22(18,19)17-11-13-10-14(20-2)6-9-16(13)21-3/h4-11H,1-3H3/b17-11-. The van der Waals surface area contributed by atoms with Crippen molar-refractivity contribution in [2.24, 2.45) is 4.40 Å². The van der Waals surface area contributed by atoms with Crippen molar-refractivity contribution in [2.45, 2.75) is 11.8 Å². The van der Waals surface area contributed by atoms with Crippen LogP contribution in [0.15, 0.2) is 51.8 Å². The molecule has 0 aliphatic rings. The van der Waals surface area contributed by atoms with E-state index in [1.165, 1.54) is 32.6 Å².